The third-order valence-corrected chi connectivity index (χ3v) is 4.92. The lowest BCUT2D eigenvalue weighted by Gasteiger charge is -2.19. The Hall–Kier alpha value is -1.39. The molecule has 0 aliphatic carbocycles. The lowest BCUT2D eigenvalue weighted by Crippen LogP contribution is -2.26. The van der Waals surface area contributed by atoms with E-state index in [0.717, 1.165) is 31.2 Å². The number of rotatable bonds is 4. The predicted octanol–water partition coefficient (Wildman–Crippen LogP) is 3.75. The van der Waals surface area contributed by atoms with Crippen LogP contribution in [0.3, 0.4) is 0 Å². The summed E-state index contributed by atoms with van der Waals surface area (Å²) >= 11 is 5.95. The number of fused-ring (bicyclic) bond motifs is 1. The normalized spacial score (nSPS) is 19.8. The summed E-state index contributed by atoms with van der Waals surface area (Å²) in [6.45, 7) is 5.22. The van der Waals surface area contributed by atoms with Crippen molar-refractivity contribution in [2.75, 3.05) is 13.1 Å². The molecule has 4 nitrogen and oxygen atoms in total. The topological polar surface area (TPSA) is 37.6 Å². The van der Waals surface area contributed by atoms with Crippen LogP contribution < -0.4 is 5.56 Å². The van der Waals surface area contributed by atoms with Crippen LogP contribution in [-0.2, 0) is 6.54 Å². The zero-order valence-electron chi connectivity index (χ0n) is 13.7. The highest BCUT2D eigenvalue weighted by atomic mass is 35.5. The van der Waals surface area contributed by atoms with Gasteiger partial charge in [0.05, 0.1) is 10.7 Å². The number of hydrogen-bond acceptors (Lipinski definition) is 3. The standard InChI is InChI=1S/C18H24ClN3O/c1-2-4-14-5-3-9-21(10-8-14)13-16-11-18(23)22-12-15(19)6-7-17(22)20-16/h6-7,11-12,14H,2-5,8-10,13H2,1H3. The second kappa shape index (κ2) is 7.45. The van der Waals surface area contributed by atoms with E-state index in [4.69, 9.17) is 11.6 Å². The largest absolute Gasteiger partial charge is 0.298 e. The van der Waals surface area contributed by atoms with Crippen molar-refractivity contribution in [2.45, 2.75) is 45.6 Å². The van der Waals surface area contributed by atoms with E-state index in [1.165, 1.54) is 36.5 Å². The minimum atomic E-state index is -0.0637. The SMILES string of the molecule is CCCC1CCCN(Cc2cc(=O)n3cc(Cl)ccc3n2)CC1. The smallest absolute Gasteiger partial charge is 0.258 e. The molecule has 3 heterocycles. The third-order valence-electron chi connectivity index (χ3n) is 4.70. The maximum Gasteiger partial charge on any atom is 0.258 e. The maximum absolute atomic E-state index is 12.2. The van der Waals surface area contributed by atoms with E-state index < -0.39 is 0 Å². The first-order valence-electron chi connectivity index (χ1n) is 8.56. The van der Waals surface area contributed by atoms with Gasteiger partial charge in [-0.15, -0.1) is 0 Å². The van der Waals surface area contributed by atoms with Gasteiger partial charge >= 0.3 is 0 Å². The van der Waals surface area contributed by atoms with Crippen molar-refractivity contribution in [2.24, 2.45) is 5.92 Å². The van der Waals surface area contributed by atoms with Crippen molar-refractivity contribution in [1.82, 2.24) is 14.3 Å². The molecule has 1 aliphatic rings. The number of halogens is 1. The van der Waals surface area contributed by atoms with Crippen LogP contribution in [0.1, 0.15) is 44.7 Å². The molecule has 3 rings (SSSR count). The Morgan fingerprint density at radius 2 is 2.17 bits per heavy atom. The highest BCUT2D eigenvalue weighted by Crippen LogP contribution is 2.22. The van der Waals surface area contributed by atoms with Crippen molar-refractivity contribution < 1.29 is 0 Å². The minimum absolute atomic E-state index is 0.0637. The van der Waals surface area contributed by atoms with Crippen LogP contribution in [-0.4, -0.2) is 27.4 Å². The molecule has 124 valence electrons. The molecule has 0 amide bonds. The maximum atomic E-state index is 12.2. The van der Waals surface area contributed by atoms with Crippen LogP contribution in [0.4, 0.5) is 0 Å². The van der Waals surface area contributed by atoms with E-state index in [0.29, 0.717) is 10.7 Å². The van der Waals surface area contributed by atoms with E-state index in [9.17, 15) is 4.79 Å². The Kier molecular flexibility index (Phi) is 5.34. The molecule has 2 aromatic rings. The predicted molar refractivity (Wildman–Crippen MR) is 94.0 cm³/mol. The van der Waals surface area contributed by atoms with Gasteiger partial charge in [-0.25, -0.2) is 4.98 Å². The van der Waals surface area contributed by atoms with E-state index in [1.54, 1.807) is 24.4 Å². The summed E-state index contributed by atoms with van der Waals surface area (Å²) in [5.74, 6) is 0.863. The van der Waals surface area contributed by atoms with Crippen LogP contribution in [0.25, 0.3) is 5.65 Å². The molecule has 5 heteroatoms. The van der Waals surface area contributed by atoms with Gasteiger partial charge in [0.2, 0.25) is 0 Å². The Morgan fingerprint density at radius 3 is 3.00 bits per heavy atom. The molecule has 1 saturated heterocycles. The first-order valence-corrected chi connectivity index (χ1v) is 8.93. The Labute approximate surface area is 142 Å². The fourth-order valence-electron chi connectivity index (χ4n) is 3.52. The fourth-order valence-corrected chi connectivity index (χ4v) is 3.68. The number of likely N-dealkylation sites (tertiary alicyclic amines) is 1. The van der Waals surface area contributed by atoms with E-state index in [-0.39, 0.29) is 5.56 Å². The van der Waals surface area contributed by atoms with Gasteiger partial charge in [-0.1, -0.05) is 31.4 Å². The molecule has 0 bridgehead atoms. The molecular weight excluding hydrogens is 310 g/mol. The average Bonchev–Trinajstić information content (AvgIpc) is 2.74. The highest BCUT2D eigenvalue weighted by Gasteiger charge is 2.17. The van der Waals surface area contributed by atoms with Crippen LogP contribution in [0.15, 0.2) is 29.2 Å². The lowest BCUT2D eigenvalue weighted by atomic mass is 9.96. The summed E-state index contributed by atoms with van der Waals surface area (Å²) in [5.41, 5.74) is 1.45. The lowest BCUT2D eigenvalue weighted by molar-refractivity contribution is 0.268. The average molecular weight is 334 g/mol. The van der Waals surface area contributed by atoms with E-state index >= 15 is 0 Å². The molecule has 0 radical (unpaired) electrons. The third kappa shape index (κ3) is 4.12. The molecule has 0 N–H and O–H groups in total. The molecule has 1 fully saturated rings. The second-order valence-electron chi connectivity index (χ2n) is 6.52. The molecular formula is C18H24ClN3O. The van der Waals surface area contributed by atoms with Crippen LogP contribution in [0.2, 0.25) is 5.02 Å². The fraction of sp³-hybridized carbons (Fsp3) is 0.556. The van der Waals surface area contributed by atoms with E-state index in [2.05, 4.69) is 16.8 Å². The van der Waals surface area contributed by atoms with Crippen LogP contribution in [0, 0.1) is 5.92 Å². The zero-order valence-corrected chi connectivity index (χ0v) is 14.4. The monoisotopic (exact) mass is 333 g/mol. The van der Waals surface area contributed by atoms with Gasteiger partial charge in [-0.05, 0) is 50.4 Å². The van der Waals surface area contributed by atoms with Gasteiger partial charge in [0.25, 0.3) is 5.56 Å². The van der Waals surface area contributed by atoms with Crippen LogP contribution >= 0.6 is 11.6 Å². The Morgan fingerprint density at radius 1 is 1.30 bits per heavy atom. The Balaban J connectivity index is 1.74. The zero-order chi connectivity index (χ0) is 16.2. The number of hydrogen-bond donors (Lipinski definition) is 0. The molecule has 0 saturated carbocycles. The quantitative estimate of drug-likeness (QED) is 0.855. The number of nitrogens with zero attached hydrogens (tertiary/aromatic N) is 3. The van der Waals surface area contributed by atoms with Crippen LogP contribution in [0.5, 0.6) is 0 Å². The van der Waals surface area contributed by atoms with Gasteiger partial charge in [0.15, 0.2) is 0 Å². The number of pyridine rings is 1. The summed E-state index contributed by atoms with van der Waals surface area (Å²) in [6, 6.07) is 5.21. The van der Waals surface area contributed by atoms with Crippen molar-refractivity contribution in [3.05, 3.63) is 45.5 Å². The molecule has 1 unspecified atom stereocenters. The molecule has 0 spiro atoms. The van der Waals surface area contributed by atoms with Crippen molar-refractivity contribution in [3.63, 3.8) is 0 Å². The summed E-state index contributed by atoms with van der Waals surface area (Å²) in [6.07, 6.45) is 8.07. The summed E-state index contributed by atoms with van der Waals surface area (Å²) in [5, 5.41) is 0.545. The summed E-state index contributed by atoms with van der Waals surface area (Å²) in [4.78, 5) is 19.3. The van der Waals surface area contributed by atoms with Gasteiger partial charge in [0.1, 0.15) is 5.65 Å². The van der Waals surface area contributed by atoms with Crippen molar-refractivity contribution in [3.8, 4) is 0 Å². The molecule has 23 heavy (non-hydrogen) atoms. The first-order chi connectivity index (χ1) is 11.2. The molecule has 0 aromatic carbocycles. The molecule has 1 atom stereocenters. The van der Waals surface area contributed by atoms with Crippen molar-refractivity contribution in [1.29, 1.82) is 0 Å². The molecule has 2 aromatic heterocycles. The van der Waals surface area contributed by atoms with Crippen molar-refractivity contribution >= 4 is 17.2 Å². The minimum Gasteiger partial charge on any atom is -0.298 e. The van der Waals surface area contributed by atoms with Gasteiger partial charge in [-0.2, -0.15) is 0 Å². The first kappa shape index (κ1) is 16.5. The second-order valence-corrected chi connectivity index (χ2v) is 6.96. The summed E-state index contributed by atoms with van der Waals surface area (Å²) in [7, 11) is 0. The highest BCUT2D eigenvalue weighted by molar-refractivity contribution is 6.30. The number of aromatic nitrogens is 2. The van der Waals surface area contributed by atoms with Gasteiger partial charge in [0, 0.05) is 18.8 Å². The van der Waals surface area contributed by atoms with Gasteiger partial charge < -0.3 is 0 Å². The Bertz CT molecular complexity index is 728. The van der Waals surface area contributed by atoms with E-state index in [1.807, 2.05) is 0 Å². The summed E-state index contributed by atoms with van der Waals surface area (Å²) < 4.78 is 1.51. The molecule has 1 aliphatic heterocycles. The van der Waals surface area contributed by atoms with Gasteiger partial charge in [-0.3, -0.25) is 14.1 Å².